The van der Waals surface area contributed by atoms with Gasteiger partial charge < -0.3 is 10.6 Å². The average molecular weight is 415 g/mol. The van der Waals surface area contributed by atoms with Crippen molar-refractivity contribution in [1.82, 2.24) is 15.1 Å². The minimum atomic E-state index is -0.109. The number of benzene rings is 1. The van der Waals surface area contributed by atoms with E-state index >= 15 is 0 Å². The van der Waals surface area contributed by atoms with Crippen molar-refractivity contribution in [2.24, 2.45) is 0 Å². The largest absolute Gasteiger partial charge is 0.352 e. The van der Waals surface area contributed by atoms with Gasteiger partial charge in [-0.15, -0.1) is 11.8 Å². The van der Waals surface area contributed by atoms with Crippen molar-refractivity contribution in [2.75, 3.05) is 11.1 Å². The highest BCUT2D eigenvalue weighted by atomic mass is 32.2. The van der Waals surface area contributed by atoms with E-state index in [9.17, 15) is 9.59 Å². The molecule has 2 aromatic heterocycles. The van der Waals surface area contributed by atoms with Crippen LogP contribution in [-0.2, 0) is 22.6 Å². The van der Waals surface area contributed by atoms with Gasteiger partial charge in [-0.1, -0.05) is 18.2 Å². The van der Waals surface area contributed by atoms with Gasteiger partial charge in [-0.05, 0) is 47.9 Å². The number of nitrogens with zero attached hydrogens (tertiary/aromatic N) is 2. The summed E-state index contributed by atoms with van der Waals surface area (Å²) in [6.45, 7) is 2.09. The molecule has 0 saturated carbocycles. The maximum Gasteiger partial charge on any atom is 0.241 e. The molecule has 3 aromatic rings. The Morgan fingerprint density at radius 3 is 2.79 bits per heavy atom. The first kappa shape index (κ1) is 20.2. The highest BCUT2D eigenvalue weighted by molar-refractivity contribution is 8.00. The Kier molecular flexibility index (Phi) is 7.27. The third-order valence-electron chi connectivity index (χ3n) is 3.87. The van der Waals surface area contributed by atoms with Crippen LogP contribution >= 0.6 is 23.1 Å². The zero-order chi connectivity index (χ0) is 19.8. The van der Waals surface area contributed by atoms with Crippen molar-refractivity contribution < 1.29 is 9.59 Å². The highest BCUT2D eigenvalue weighted by Crippen LogP contribution is 2.17. The van der Waals surface area contributed by atoms with Crippen LogP contribution in [0.1, 0.15) is 12.5 Å². The second-order valence-electron chi connectivity index (χ2n) is 6.38. The van der Waals surface area contributed by atoms with Gasteiger partial charge in [0.05, 0.1) is 17.6 Å². The van der Waals surface area contributed by atoms with Gasteiger partial charge in [0.1, 0.15) is 6.54 Å². The summed E-state index contributed by atoms with van der Waals surface area (Å²) in [7, 11) is 0. The third-order valence-corrected chi connectivity index (χ3v) is 5.61. The van der Waals surface area contributed by atoms with E-state index in [1.165, 1.54) is 22.0 Å². The standard InChI is InChI=1S/C20H22N4O2S2/c1-15(9-16-7-8-27-13-16)22-19(25)12-24-11-17(10-21-24)23-20(26)14-28-18-5-3-2-4-6-18/h2-8,10-11,13,15H,9,12,14H2,1H3,(H,22,25)(H,23,26)/t15-/m0/s1. The lowest BCUT2D eigenvalue weighted by atomic mass is 10.1. The summed E-state index contributed by atoms with van der Waals surface area (Å²) in [5.41, 5.74) is 1.80. The molecule has 0 unspecified atom stereocenters. The molecule has 28 heavy (non-hydrogen) atoms. The number of nitrogens with one attached hydrogen (secondary N) is 2. The van der Waals surface area contributed by atoms with Crippen LogP contribution in [0.15, 0.2) is 64.4 Å². The maximum absolute atomic E-state index is 12.2. The molecule has 3 rings (SSSR count). The number of rotatable bonds is 9. The molecule has 0 saturated heterocycles. The normalized spacial score (nSPS) is 11.8. The molecule has 0 radical (unpaired) electrons. The Balaban J connectivity index is 1.41. The number of amides is 2. The topological polar surface area (TPSA) is 76.0 Å². The van der Waals surface area contributed by atoms with Crippen molar-refractivity contribution in [3.8, 4) is 0 Å². The summed E-state index contributed by atoms with van der Waals surface area (Å²) in [5, 5.41) is 14.0. The smallest absolute Gasteiger partial charge is 0.241 e. The number of thiophene rings is 1. The fourth-order valence-corrected chi connectivity index (χ4v) is 4.06. The third kappa shape index (κ3) is 6.54. The maximum atomic E-state index is 12.2. The lowest BCUT2D eigenvalue weighted by Gasteiger charge is -2.13. The summed E-state index contributed by atoms with van der Waals surface area (Å²) in [5.74, 6) is 0.0982. The Labute approximate surface area is 172 Å². The molecule has 8 heteroatoms. The quantitative estimate of drug-likeness (QED) is 0.526. The van der Waals surface area contributed by atoms with Gasteiger partial charge in [0.15, 0.2) is 0 Å². The Morgan fingerprint density at radius 2 is 2.04 bits per heavy atom. The average Bonchev–Trinajstić information content (AvgIpc) is 3.33. The van der Waals surface area contributed by atoms with E-state index in [4.69, 9.17) is 0 Å². The van der Waals surface area contributed by atoms with Crippen LogP contribution in [0.25, 0.3) is 0 Å². The summed E-state index contributed by atoms with van der Waals surface area (Å²) in [6, 6.07) is 11.9. The van der Waals surface area contributed by atoms with Gasteiger partial charge >= 0.3 is 0 Å². The Hall–Kier alpha value is -2.58. The summed E-state index contributed by atoms with van der Waals surface area (Å²) >= 11 is 3.12. The van der Waals surface area contributed by atoms with Crippen LogP contribution in [0, 0.1) is 0 Å². The number of carbonyl (C=O) groups excluding carboxylic acids is 2. The second-order valence-corrected chi connectivity index (χ2v) is 8.21. The predicted octanol–water partition coefficient (Wildman–Crippen LogP) is 3.42. The Morgan fingerprint density at radius 1 is 1.21 bits per heavy atom. The molecule has 0 spiro atoms. The minimum Gasteiger partial charge on any atom is -0.352 e. The van der Waals surface area contributed by atoms with Crippen LogP contribution < -0.4 is 10.6 Å². The number of hydrogen-bond donors (Lipinski definition) is 2. The molecule has 0 aliphatic rings. The molecule has 0 aliphatic carbocycles. The van der Waals surface area contributed by atoms with Crippen LogP contribution in [0.4, 0.5) is 5.69 Å². The molecule has 0 aliphatic heterocycles. The summed E-state index contributed by atoms with van der Waals surface area (Å²) in [6.07, 6.45) is 4.01. The molecular weight excluding hydrogens is 392 g/mol. The van der Waals surface area contributed by atoms with E-state index in [0.29, 0.717) is 11.4 Å². The van der Waals surface area contributed by atoms with E-state index in [-0.39, 0.29) is 24.4 Å². The molecule has 0 bridgehead atoms. The number of aromatic nitrogens is 2. The molecule has 146 valence electrons. The first-order chi connectivity index (χ1) is 13.6. The van der Waals surface area contributed by atoms with Crippen LogP contribution in [0.5, 0.6) is 0 Å². The monoisotopic (exact) mass is 414 g/mol. The van der Waals surface area contributed by atoms with E-state index < -0.39 is 0 Å². The number of anilines is 1. The van der Waals surface area contributed by atoms with Crippen LogP contribution in [0.2, 0.25) is 0 Å². The molecule has 2 amide bonds. The van der Waals surface area contributed by atoms with Crippen molar-refractivity contribution in [3.63, 3.8) is 0 Å². The van der Waals surface area contributed by atoms with E-state index in [1.807, 2.05) is 42.6 Å². The van der Waals surface area contributed by atoms with Gasteiger partial charge in [-0.3, -0.25) is 14.3 Å². The van der Waals surface area contributed by atoms with Crippen LogP contribution in [0.3, 0.4) is 0 Å². The van der Waals surface area contributed by atoms with Gasteiger partial charge in [0.25, 0.3) is 0 Å². The van der Waals surface area contributed by atoms with E-state index in [1.54, 1.807) is 23.7 Å². The van der Waals surface area contributed by atoms with E-state index in [2.05, 4.69) is 27.2 Å². The fraction of sp³-hybridized carbons (Fsp3) is 0.250. The van der Waals surface area contributed by atoms with Gasteiger partial charge in [0, 0.05) is 17.1 Å². The summed E-state index contributed by atoms with van der Waals surface area (Å²) < 4.78 is 1.52. The second kappa shape index (κ2) is 10.1. The molecule has 1 atom stereocenters. The number of carbonyl (C=O) groups is 2. The number of hydrogen-bond acceptors (Lipinski definition) is 5. The van der Waals surface area contributed by atoms with Gasteiger partial charge in [-0.25, -0.2) is 0 Å². The zero-order valence-corrected chi connectivity index (χ0v) is 17.1. The first-order valence-corrected chi connectivity index (χ1v) is 10.8. The van der Waals surface area contributed by atoms with E-state index in [0.717, 1.165) is 11.3 Å². The molecule has 0 fully saturated rings. The molecule has 2 heterocycles. The molecular formula is C20H22N4O2S2. The van der Waals surface area contributed by atoms with Crippen molar-refractivity contribution >= 4 is 40.6 Å². The SMILES string of the molecule is C[C@@H](Cc1ccsc1)NC(=O)Cn1cc(NC(=O)CSc2ccccc2)cn1. The molecule has 6 nitrogen and oxygen atoms in total. The minimum absolute atomic E-state index is 0.0480. The first-order valence-electron chi connectivity index (χ1n) is 8.89. The van der Waals surface area contributed by atoms with Crippen molar-refractivity contribution in [2.45, 2.75) is 30.8 Å². The highest BCUT2D eigenvalue weighted by Gasteiger charge is 2.11. The molecule has 2 N–H and O–H groups in total. The van der Waals surface area contributed by atoms with Gasteiger partial charge in [-0.2, -0.15) is 16.4 Å². The number of thioether (sulfide) groups is 1. The van der Waals surface area contributed by atoms with Crippen LogP contribution in [-0.4, -0.2) is 33.4 Å². The lowest BCUT2D eigenvalue weighted by molar-refractivity contribution is -0.122. The van der Waals surface area contributed by atoms with Gasteiger partial charge in [0.2, 0.25) is 11.8 Å². The summed E-state index contributed by atoms with van der Waals surface area (Å²) in [4.78, 5) is 25.3. The molecule has 1 aromatic carbocycles. The zero-order valence-electron chi connectivity index (χ0n) is 15.5. The Bertz CT molecular complexity index is 894. The fourth-order valence-electron chi connectivity index (χ4n) is 2.66. The predicted molar refractivity (Wildman–Crippen MR) is 114 cm³/mol. The lowest BCUT2D eigenvalue weighted by Crippen LogP contribution is -2.36. The van der Waals surface area contributed by atoms with Crippen molar-refractivity contribution in [1.29, 1.82) is 0 Å². The van der Waals surface area contributed by atoms with Crippen molar-refractivity contribution in [3.05, 3.63) is 65.1 Å².